The van der Waals surface area contributed by atoms with E-state index in [9.17, 15) is 4.79 Å². The van der Waals surface area contributed by atoms with E-state index in [1.54, 1.807) is 0 Å². The van der Waals surface area contributed by atoms with Gasteiger partial charge in [0.15, 0.2) is 0 Å². The van der Waals surface area contributed by atoms with Crippen LogP contribution in [0.25, 0.3) is 0 Å². The molecule has 0 bridgehead atoms. The molecule has 0 unspecified atom stereocenters. The largest absolute Gasteiger partial charge is 0.458 e. The van der Waals surface area contributed by atoms with Crippen LogP contribution in [0.3, 0.4) is 0 Å². The van der Waals surface area contributed by atoms with Gasteiger partial charge in [-0.3, -0.25) is 4.79 Å². The monoisotopic (exact) mass is 152 g/mol. The molecule has 0 aromatic carbocycles. The third-order valence-corrected chi connectivity index (χ3v) is 2.66. The highest BCUT2D eigenvalue weighted by Gasteiger charge is 2.37. The summed E-state index contributed by atoms with van der Waals surface area (Å²) in [5.41, 5.74) is 0. The van der Waals surface area contributed by atoms with Gasteiger partial charge >= 0.3 is 5.97 Å². The number of carbonyl (C=O) groups excluding carboxylic acids is 1. The van der Waals surface area contributed by atoms with Gasteiger partial charge in [-0.05, 0) is 18.4 Å². The van der Waals surface area contributed by atoms with E-state index in [0.29, 0.717) is 18.3 Å². The van der Waals surface area contributed by atoms with Gasteiger partial charge in [0.2, 0.25) is 0 Å². The molecule has 60 valence electrons. The molecule has 2 nitrogen and oxygen atoms in total. The molecule has 2 aliphatic rings. The Morgan fingerprint density at radius 2 is 2.45 bits per heavy atom. The molecule has 0 radical (unpaired) electrons. The van der Waals surface area contributed by atoms with Crippen LogP contribution in [-0.2, 0) is 9.53 Å². The van der Waals surface area contributed by atoms with Crippen LogP contribution in [0, 0.1) is 11.8 Å². The molecule has 1 aliphatic carbocycles. The lowest BCUT2D eigenvalue weighted by Crippen LogP contribution is -2.23. The Hall–Kier alpha value is -0.790. The number of carbonyl (C=O) groups is 1. The second-order valence-electron chi connectivity index (χ2n) is 3.46. The molecule has 1 heterocycles. The molecular formula is C9H12O2. The van der Waals surface area contributed by atoms with Crippen molar-refractivity contribution >= 4 is 5.97 Å². The maximum Gasteiger partial charge on any atom is 0.306 e. The van der Waals surface area contributed by atoms with Gasteiger partial charge in [-0.2, -0.15) is 0 Å². The Labute approximate surface area is 66.2 Å². The predicted octanol–water partition coefficient (Wildman–Crippen LogP) is 1.51. The number of hydrogen-bond donors (Lipinski definition) is 0. The summed E-state index contributed by atoms with van der Waals surface area (Å²) in [6.45, 7) is 2.18. The molecule has 0 saturated carbocycles. The van der Waals surface area contributed by atoms with E-state index in [1.807, 2.05) is 6.08 Å². The van der Waals surface area contributed by atoms with Gasteiger partial charge in [0.05, 0.1) is 6.42 Å². The average molecular weight is 152 g/mol. The fraction of sp³-hybridized carbons (Fsp3) is 0.667. The molecule has 1 aliphatic heterocycles. The first-order valence-corrected chi connectivity index (χ1v) is 4.13. The van der Waals surface area contributed by atoms with E-state index >= 15 is 0 Å². The number of fused-ring (bicyclic) bond motifs is 1. The van der Waals surface area contributed by atoms with Crippen LogP contribution in [0.2, 0.25) is 0 Å². The summed E-state index contributed by atoms with van der Waals surface area (Å²) in [6, 6.07) is 0. The third-order valence-electron chi connectivity index (χ3n) is 2.66. The Morgan fingerprint density at radius 3 is 3.18 bits per heavy atom. The first kappa shape index (κ1) is 6.89. The lowest BCUT2D eigenvalue weighted by molar-refractivity contribution is -0.140. The maximum absolute atomic E-state index is 10.9. The minimum atomic E-state index is -0.0293. The summed E-state index contributed by atoms with van der Waals surface area (Å²) in [5.74, 6) is 1.03. The third kappa shape index (κ3) is 1.06. The average Bonchev–Trinajstić information content (AvgIpc) is 2.31. The molecule has 11 heavy (non-hydrogen) atoms. The first-order valence-electron chi connectivity index (χ1n) is 4.13. The Morgan fingerprint density at radius 1 is 1.64 bits per heavy atom. The molecule has 0 amide bonds. The highest BCUT2D eigenvalue weighted by Crippen LogP contribution is 2.34. The van der Waals surface area contributed by atoms with Crippen molar-refractivity contribution in [2.75, 3.05) is 0 Å². The van der Waals surface area contributed by atoms with Crippen LogP contribution in [-0.4, -0.2) is 12.1 Å². The molecular weight excluding hydrogens is 140 g/mol. The Balaban J connectivity index is 2.19. The van der Waals surface area contributed by atoms with Crippen molar-refractivity contribution in [2.24, 2.45) is 11.8 Å². The van der Waals surface area contributed by atoms with Crippen molar-refractivity contribution in [1.29, 1.82) is 0 Å². The van der Waals surface area contributed by atoms with Crippen LogP contribution in [0.5, 0.6) is 0 Å². The quantitative estimate of drug-likeness (QED) is 0.388. The lowest BCUT2D eigenvalue weighted by Gasteiger charge is -2.23. The molecule has 2 heteroatoms. The second kappa shape index (κ2) is 2.36. The molecule has 0 aromatic rings. The smallest absolute Gasteiger partial charge is 0.306 e. The summed E-state index contributed by atoms with van der Waals surface area (Å²) < 4.78 is 5.11. The van der Waals surface area contributed by atoms with Crippen LogP contribution < -0.4 is 0 Å². The van der Waals surface area contributed by atoms with Crippen LogP contribution in [0.15, 0.2) is 12.2 Å². The zero-order valence-corrected chi connectivity index (χ0v) is 6.62. The van der Waals surface area contributed by atoms with E-state index in [4.69, 9.17) is 4.74 Å². The van der Waals surface area contributed by atoms with Crippen LogP contribution >= 0.6 is 0 Å². The summed E-state index contributed by atoms with van der Waals surface area (Å²) >= 11 is 0. The number of hydrogen-bond acceptors (Lipinski definition) is 2. The fourth-order valence-corrected chi connectivity index (χ4v) is 1.91. The number of rotatable bonds is 0. The lowest BCUT2D eigenvalue weighted by atomic mass is 9.82. The van der Waals surface area contributed by atoms with Gasteiger partial charge in [-0.15, -0.1) is 0 Å². The van der Waals surface area contributed by atoms with Crippen LogP contribution in [0.4, 0.5) is 0 Å². The van der Waals surface area contributed by atoms with Crippen LogP contribution in [0.1, 0.15) is 19.8 Å². The van der Waals surface area contributed by atoms with Crippen molar-refractivity contribution in [3.05, 3.63) is 12.2 Å². The zero-order valence-electron chi connectivity index (χ0n) is 6.62. The molecule has 1 fully saturated rings. The summed E-state index contributed by atoms with van der Waals surface area (Å²) in [6.07, 6.45) is 5.94. The standard InChI is InChI=1S/C9H12O2/c1-6-3-2-4-8-7(6)5-9(10)11-8/h2,4,6-8H,3,5H2,1H3/t6-,7-,8+/m0/s1. The topological polar surface area (TPSA) is 26.3 Å². The van der Waals surface area contributed by atoms with Gasteiger partial charge < -0.3 is 4.74 Å². The Kier molecular flexibility index (Phi) is 1.48. The van der Waals surface area contributed by atoms with E-state index in [-0.39, 0.29) is 12.1 Å². The molecule has 0 N–H and O–H groups in total. The fourth-order valence-electron chi connectivity index (χ4n) is 1.91. The minimum absolute atomic E-state index is 0.0293. The SMILES string of the molecule is C[C@H]1CC=C[C@H]2OC(=O)C[C@@H]12. The first-order chi connectivity index (χ1) is 5.27. The van der Waals surface area contributed by atoms with E-state index in [0.717, 1.165) is 6.42 Å². The van der Waals surface area contributed by atoms with E-state index in [1.165, 1.54) is 0 Å². The van der Waals surface area contributed by atoms with Gasteiger partial charge in [0.1, 0.15) is 6.10 Å². The van der Waals surface area contributed by atoms with Gasteiger partial charge in [0.25, 0.3) is 0 Å². The van der Waals surface area contributed by atoms with Crippen molar-refractivity contribution < 1.29 is 9.53 Å². The van der Waals surface area contributed by atoms with Crippen molar-refractivity contribution in [3.8, 4) is 0 Å². The molecule has 1 saturated heterocycles. The highest BCUT2D eigenvalue weighted by atomic mass is 16.5. The van der Waals surface area contributed by atoms with E-state index < -0.39 is 0 Å². The number of ether oxygens (including phenoxy) is 1. The summed E-state index contributed by atoms with van der Waals surface area (Å²) in [5, 5.41) is 0. The number of allylic oxidation sites excluding steroid dienone is 1. The predicted molar refractivity (Wildman–Crippen MR) is 40.9 cm³/mol. The van der Waals surface area contributed by atoms with E-state index in [2.05, 4.69) is 13.0 Å². The summed E-state index contributed by atoms with van der Waals surface area (Å²) in [4.78, 5) is 10.9. The summed E-state index contributed by atoms with van der Waals surface area (Å²) in [7, 11) is 0. The maximum atomic E-state index is 10.9. The van der Waals surface area contributed by atoms with Crippen molar-refractivity contribution in [1.82, 2.24) is 0 Å². The van der Waals surface area contributed by atoms with Gasteiger partial charge in [0, 0.05) is 5.92 Å². The van der Waals surface area contributed by atoms with Crippen molar-refractivity contribution in [2.45, 2.75) is 25.9 Å². The minimum Gasteiger partial charge on any atom is -0.458 e. The van der Waals surface area contributed by atoms with Gasteiger partial charge in [-0.1, -0.05) is 13.0 Å². The van der Waals surface area contributed by atoms with Crippen molar-refractivity contribution in [3.63, 3.8) is 0 Å². The zero-order chi connectivity index (χ0) is 7.84. The number of esters is 1. The highest BCUT2D eigenvalue weighted by molar-refractivity contribution is 5.72. The van der Waals surface area contributed by atoms with Gasteiger partial charge in [-0.25, -0.2) is 0 Å². The second-order valence-corrected chi connectivity index (χ2v) is 3.46. The molecule has 3 atom stereocenters. The molecule has 0 spiro atoms. The molecule has 0 aromatic heterocycles. The Bertz CT molecular complexity index is 208. The normalized spacial score (nSPS) is 41.9. The molecule has 2 rings (SSSR count).